The van der Waals surface area contributed by atoms with Gasteiger partial charge in [0.1, 0.15) is 0 Å². The Morgan fingerprint density at radius 2 is 1.91 bits per heavy atom. The molecule has 0 atom stereocenters. The van der Waals surface area contributed by atoms with E-state index in [0.717, 1.165) is 19.3 Å². The number of aromatic amines is 1. The quantitative estimate of drug-likeness (QED) is 0.778. The van der Waals surface area contributed by atoms with Crippen molar-refractivity contribution in [1.82, 2.24) is 4.98 Å². The van der Waals surface area contributed by atoms with Gasteiger partial charge in [-0.05, 0) is 37.8 Å². The Morgan fingerprint density at radius 3 is 2.59 bits per heavy atom. The highest BCUT2D eigenvalue weighted by molar-refractivity contribution is 5.66. The van der Waals surface area contributed by atoms with Gasteiger partial charge in [0.15, 0.2) is 12.4 Å². The van der Waals surface area contributed by atoms with Crippen LogP contribution in [0, 0.1) is 0 Å². The highest BCUT2D eigenvalue weighted by Crippen LogP contribution is 2.43. The molecule has 2 aromatic rings. The standard InChI is InChI=1S/C20H26N2/c1-5-8-16-10-12-22-14-15(4)20(6-2,7-3)19-17(9-11-21-19)18(22)13-16/h9-14H,5-8H2,1-4H3/p+1. The van der Waals surface area contributed by atoms with Crippen molar-refractivity contribution in [3.05, 3.63) is 47.4 Å². The summed E-state index contributed by atoms with van der Waals surface area (Å²) in [5, 5.41) is 0. The van der Waals surface area contributed by atoms with Crippen LogP contribution in [0.1, 0.15) is 58.2 Å². The smallest absolute Gasteiger partial charge is 0.219 e. The van der Waals surface area contributed by atoms with Gasteiger partial charge >= 0.3 is 0 Å². The van der Waals surface area contributed by atoms with E-state index in [9.17, 15) is 0 Å². The predicted octanol–water partition coefficient (Wildman–Crippen LogP) is 4.85. The fourth-order valence-electron chi connectivity index (χ4n) is 4.00. The SMILES string of the molecule is CCCc1cc[n+]2c(c1)-c1cc[nH]c1C(CC)(CC)C(C)=C2. The first-order chi connectivity index (χ1) is 10.7. The molecule has 1 aliphatic rings. The summed E-state index contributed by atoms with van der Waals surface area (Å²) in [7, 11) is 0. The number of pyridine rings is 1. The molecule has 0 saturated heterocycles. The first-order valence-corrected chi connectivity index (χ1v) is 8.57. The van der Waals surface area contributed by atoms with E-state index in [2.05, 4.69) is 74.0 Å². The number of fused-ring (bicyclic) bond motifs is 3. The normalized spacial score (nSPS) is 15.7. The second-order valence-electron chi connectivity index (χ2n) is 6.45. The molecule has 0 bridgehead atoms. The summed E-state index contributed by atoms with van der Waals surface area (Å²) in [6.07, 6.45) is 11.2. The van der Waals surface area contributed by atoms with Crippen LogP contribution in [0.4, 0.5) is 0 Å². The molecule has 0 spiro atoms. The third-order valence-electron chi connectivity index (χ3n) is 5.38. The second-order valence-corrected chi connectivity index (χ2v) is 6.45. The zero-order valence-electron chi connectivity index (χ0n) is 14.2. The topological polar surface area (TPSA) is 19.7 Å². The average Bonchev–Trinajstić information content (AvgIpc) is 2.97. The number of hydrogen-bond donors (Lipinski definition) is 1. The van der Waals surface area contributed by atoms with Crippen molar-refractivity contribution in [3.8, 4) is 11.3 Å². The first-order valence-electron chi connectivity index (χ1n) is 8.57. The number of nitrogens with one attached hydrogen (secondary N) is 1. The van der Waals surface area contributed by atoms with Gasteiger partial charge in [0.25, 0.3) is 0 Å². The maximum absolute atomic E-state index is 3.56. The van der Waals surface area contributed by atoms with Crippen molar-refractivity contribution in [3.63, 3.8) is 0 Å². The molecule has 3 rings (SSSR count). The number of H-pyrrole nitrogens is 1. The Hall–Kier alpha value is -1.83. The molecule has 116 valence electrons. The molecule has 3 heterocycles. The minimum absolute atomic E-state index is 0.121. The van der Waals surface area contributed by atoms with Crippen molar-refractivity contribution in [2.45, 2.75) is 58.8 Å². The Morgan fingerprint density at radius 1 is 1.14 bits per heavy atom. The molecule has 1 aliphatic heterocycles. The monoisotopic (exact) mass is 295 g/mol. The molecule has 0 amide bonds. The molecule has 2 nitrogen and oxygen atoms in total. The molecule has 0 unspecified atom stereocenters. The van der Waals surface area contributed by atoms with E-state index in [0.29, 0.717) is 0 Å². The lowest BCUT2D eigenvalue weighted by atomic mass is 9.72. The molecule has 22 heavy (non-hydrogen) atoms. The van der Waals surface area contributed by atoms with Crippen LogP contribution in [0.15, 0.2) is 36.2 Å². The molecule has 0 aromatic carbocycles. The number of aromatic nitrogens is 2. The van der Waals surface area contributed by atoms with Crippen LogP contribution in [0.3, 0.4) is 0 Å². The molecule has 0 saturated carbocycles. The van der Waals surface area contributed by atoms with Crippen LogP contribution < -0.4 is 4.57 Å². The van der Waals surface area contributed by atoms with Gasteiger partial charge in [-0.2, -0.15) is 4.57 Å². The fourth-order valence-corrected chi connectivity index (χ4v) is 4.00. The summed E-state index contributed by atoms with van der Waals surface area (Å²) in [5.74, 6) is 0. The third kappa shape index (κ3) is 2.13. The largest absolute Gasteiger partial charge is 0.364 e. The highest BCUT2D eigenvalue weighted by Gasteiger charge is 2.39. The Kier molecular flexibility index (Phi) is 3.94. The zero-order chi connectivity index (χ0) is 15.7. The van der Waals surface area contributed by atoms with Gasteiger partial charge in [0, 0.05) is 35.0 Å². The lowest BCUT2D eigenvalue weighted by Gasteiger charge is -2.30. The Labute approximate surface area is 133 Å². The van der Waals surface area contributed by atoms with E-state index in [1.165, 1.54) is 34.5 Å². The summed E-state index contributed by atoms with van der Waals surface area (Å²) in [5.41, 5.74) is 7.03. The van der Waals surface area contributed by atoms with Gasteiger partial charge in [-0.3, -0.25) is 0 Å². The molecular formula is C20H27N2+. The lowest BCUT2D eigenvalue weighted by molar-refractivity contribution is -0.556. The zero-order valence-corrected chi connectivity index (χ0v) is 14.2. The van der Waals surface area contributed by atoms with Crippen molar-refractivity contribution < 1.29 is 4.57 Å². The minimum Gasteiger partial charge on any atom is -0.364 e. The predicted molar refractivity (Wildman–Crippen MR) is 92.6 cm³/mol. The number of allylic oxidation sites excluding steroid dienone is 1. The van der Waals surface area contributed by atoms with E-state index in [-0.39, 0.29) is 5.41 Å². The van der Waals surface area contributed by atoms with Crippen molar-refractivity contribution in [2.75, 3.05) is 0 Å². The highest BCUT2D eigenvalue weighted by atomic mass is 15.0. The summed E-state index contributed by atoms with van der Waals surface area (Å²) in [6, 6.07) is 6.86. The number of aryl methyl sites for hydroxylation is 1. The average molecular weight is 295 g/mol. The van der Waals surface area contributed by atoms with Crippen molar-refractivity contribution in [2.24, 2.45) is 0 Å². The number of hydrogen-bond acceptors (Lipinski definition) is 0. The van der Waals surface area contributed by atoms with Gasteiger partial charge in [0.05, 0.1) is 5.56 Å². The van der Waals surface area contributed by atoms with Gasteiger partial charge in [-0.1, -0.05) is 27.2 Å². The maximum atomic E-state index is 3.56. The number of rotatable bonds is 4. The minimum atomic E-state index is 0.121. The van der Waals surface area contributed by atoms with Gasteiger partial charge in [-0.15, -0.1) is 0 Å². The van der Waals surface area contributed by atoms with E-state index in [1.54, 1.807) is 0 Å². The fraction of sp³-hybridized carbons (Fsp3) is 0.450. The Bertz CT molecular complexity index is 702. The molecule has 0 radical (unpaired) electrons. The van der Waals surface area contributed by atoms with E-state index >= 15 is 0 Å². The van der Waals surface area contributed by atoms with E-state index in [1.807, 2.05) is 0 Å². The van der Waals surface area contributed by atoms with E-state index in [4.69, 9.17) is 0 Å². The van der Waals surface area contributed by atoms with Crippen LogP contribution in [-0.4, -0.2) is 4.98 Å². The molecule has 1 N–H and O–H groups in total. The molecule has 0 aliphatic carbocycles. The van der Waals surface area contributed by atoms with Crippen LogP contribution in [0.5, 0.6) is 0 Å². The van der Waals surface area contributed by atoms with Gasteiger partial charge in [-0.25, -0.2) is 0 Å². The molecule has 2 heteroatoms. The summed E-state index contributed by atoms with van der Waals surface area (Å²) < 4.78 is 2.30. The Balaban J connectivity index is 2.27. The molecule has 2 aromatic heterocycles. The van der Waals surface area contributed by atoms with E-state index < -0.39 is 0 Å². The number of nitrogens with zero attached hydrogens (tertiary/aromatic N) is 1. The van der Waals surface area contributed by atoms with Gasteiger partial charge < -0.3 is 4.98 Å². The first kappa shape index (κ1) is 15.1. The van der Waals surface area contributed by atoms with Crippen LogP contribution in [0.2, 0.25) is 0 Å². The van der Waals surface area contributed by atoms with Gasteiger partial charge in [0.2, 0.25) is 5.69 Å². The van der Waals surface area contributed by atoms with Crippen molar-refractivity contribution in [1.29, 1.82) is 0 Å². The lowest BCUT2D eigenvalue weighted by Crippen LogP contribution is -2.30. The summed E-state index contributed by atoms with van der Waals surface area (Å²) >= 11 is 0. The van der Waals surface area contributed by atoms with Crippen LogP contribution in [0.25, 0.3) is 17.5 Å². The third-order valence-corrected chi connectivity index (χ3v) is 5.38. The second kappa shape index (κ2) is 5.75. The molecular weight excluding hydrogens is 268 g/mol. The maximum Gasteiger partial charge on any atom is 0.219 e. The van der Waals surface area contributed by atoms with Crippen LogP contribution >= 0.6 is 0 Å². The molecule has 0 fully saturated rings. The van der Waals surface area contributed by atoms with Crippen molar-refractivity contribution >= 4 is 6.20 Å². The summed E-state index contributed by atoms with van der Waals surface area (Å²) in [4.78, 5) is 3.56. The summed E-state index contributed by atoms with van der Waals surface area (Å²) in [6.45, 7) is 9.12. The van der Waals surface area contributed by atoms with Crippen LogP contribution in [-0.2, 0) is 11.8 Å².